The Morgan fingerprint density at radius 2 is 2.03 bits per heavy atom. The molecule has 0 radical (unpaired) electrons. The lowest BCUT2D eigenvalue weighted by Gasteiger charge is -2.33. The van der Waals surface area contributed by atoms with Crippen LogP contribution in [0.15, 0.2) is 41.9 Å². The first kappa shape index (κ1) is 19.5. The van der Waals surface area contributed by atoms with Gasteiger partial charge in [0.25, 0.3) is 0 Å². The number of methoxy groups -OCH3 is 2. The molecule has 1 unspecified atom stereocenters. The number of fused-ring (bicyclic) bond motifs is 1. The molecule has 2 aromatic heterocycles. The number of nitrogens with one attached hydrogen (secondary N) is 1. The van der Waals surface area contributed by atoms with Crippen molar-refractivity contribution in [1.82, 2.24) is 10.3 Å². The Bertz CT molecular complexity index is 982. The molecule has 6 nitrogen and oxygen atoms in total. The zero-order valence-electron chi connectivity index (χ0n) is 16.7. The van der Waals surface area contributed by atoms with E-state index in [1.165, 1.54) is 10.1 Å². The van der Waals surface area contributed by atoms with Gasteiger partial charge in [0.05, 0.1) is 20.1 Å². The first-order valence-corrected chi connectivity index (χ1v) is 10.6. The zero-order valence-corrected chi connectivity index (χ0v) is 17.5. The molecule has 1 aromatic carbocycles. The van der Waals surface area contributed by atoms with E-state index in [9.17, 15) is 4.79 Å². The number of benzene rings is 1. The maximum absolute atomic E-state index is 12.9. The van der Waals surface area contributed by atoms with E-state index in [2.05, 4.69) is 26.6 Å². The number of carbonyl (C=O) groups excluding carboxylic acids is 1. The monoisotopic (exact) mass is 411 g/mol. The van der Waals surface area contributed by atoms with Gasteiger partial charge in [0, 0.05) is 42.0 Å². The molecule has 0 saturated carbocycles. The van der Waals surface area contributed by atoms with Crippen molar-refractivity contribution in [2.24, 2.45) is 5.92 Å². The third kappa shape index (κ3) is 4.29. The first-order valence-electron chi connectivity index (χ1n) is 9.74. The van der Waals surface area contributed by atoms with Crippen LogP contribution in [0.5, 0.6) is 11.5 Å². The van der Waals surface area contributed by atoms with E-state index in [1.807, 2.05) is 30.5 Å². The van der Waals surface area contributed by atoms with Crippen LogP contribution in [-0.2, 0) is 11.3 Å². The van der Waals surface area contributed by atoms with Crippen LogP contribution in [0.3, 0.4) is 0 Å². The molecule has 1 aliphatic heterocycles. The summed E-state index contributed by atoms with van der Waals surface area (Å²) in [7, 11) is 3.24. The first-order chi connectivity index (χ1) is 14.2. The molecule has 1 N–H and O–H groups in total. The van der Waals surface area contributed by atoms with E-state index in [4.69, 9.17) is 9.47 Å². The standard InChI is InChI=1S/C22H25N3O3S/c1-27-17-10-15(11-18(12-17)28-2)13-24-22(26)16-4-3-8-25(14-16)21-19-6-9-29-20(19)5-7-23-21/h5-7,9-12,16H,3-4,8,13-14H2,1-2H3,(H,24,26). The molecule has 4 rings (SSSR count). The molecule has 1 atom stereocenters. The fraction of sp³-hybridized carbons (Fsp3) is 0.364. The van der Waals surface area contributed by atoms with E-state index < -0.39 is 0 Å². The number of nitrogens with zero attached hydrogens (tertiary/aromatic N) is 2. The topological polar surface area (TPSA) is 63.7 Å². The number of carbonyl (C=O) groups is 1. The fourth-order valence-electron chi connectivity index (χ4n) is 3.82. The lowest BCUT2D eigenvalue weighted by molar-refractivity contribution is -0.125. The second kappa shape index (κ2) is 8.69. The Kier molecular flexibility index (Phi) is 5.85. The van der Waals surface area contributed by atoms with E-state index in [0.29, 0.717) is 24.6 Å². The molecule has 1 amide bonds. The van der Waals surface area contributed by atoms with Crippen molar-refractivity contribution in [3.63, 3.8) is 0 Å². The van der Waals surface area contributed by atoms with E-state index in [-0.39, 0.29) is 11.8 Å². The molecule has 3 heterocycles. The molecule has 7 heteroatoms. The Morgan fingerprint density at radius 3 is 2.79 bits per heavy atom. The SMILES string of the molecule is COc1cc(CNC(=O)C2CCCN(c3nccc4sccc34)C2)cc(OC)c1. The van der Waals surface area contributed by atoms with Crippen LogP contribution >= 0.6 is 11.3 Å². The molecule has 0 aliphatic carbocycles. The lowest BCUT2D eigenvalue weighted by atomic mass is 9.96. The van der Waals surface area contributed by atoms with Crippen molar-refractivity contribution < 1.29 is 14.3 Å². The van der Waals surface area contributed by atoms with Crippen molar-refractivity contribution in [2.45, 2.75) is 19.4 Å². The van der Waals surface area contributed by atoms with Gasteiger partial charge in [-0.2, -0.15) is 0 Å². The number of ether oxygens (including phenoxy) is 2. The average molecular weight is 412 g/mol. The molecule has 29 heavy (non-hydrogen) atoms. The highest BCUT2D eigenvalue weighted by Gasteiger charge is 2.27. The number of aromatic nitrogens is 1. The smallest absolute Gasteiger partial charge is 0.225 e. The van der Waals surface area contributed by atoms with Crippen LogP contribution in [-0.4, -0.2) is 38.2 Å². The number of hydrogen-bond acceptors (Lipinski definition) is 6. The van der Waals surface area contributed by atoms with E-state index in [0.717, 1.165) is 30.8 Å². The number of rotatable bonds is 6. The quantitative estimate of drug-likeness (QED) is 0.668. The number of amides is 1. The maximum Gasteiger partial charge on any atom is 0.225 e. The Balaban J connectivity index is 1.42. The molecule has 1 aliphatic rings. The molecule has 0 spiro atoms. The molecule has 1 fully saturated rings. The number of thiophene rings is 1. The van der Waals surface area contributed by atoms with Crippen LogP contribution < -0.4 is 19.7 Å². The minimum Gasteiger partial charge on any atom is -0.497 e. The Hall–Kier alpha value is -2.80. The number of hydrogen-bond donors (Lipinski definition) is 1. The third-order valence-corrected chi connectivity index (χ3v) is 6.21. The van der Waals surface area contributed by atoms with Crippen LogP contribution in [0.2, 0.25) is 0 Å². The van der Waals surface area contributed by atoms with Crippen molar-refractivity contribution in [3.8, 4) is 11.5 Å². The van der Waals surface area contributed by atoms with Crippen molar-refractivity contribution in [3.05, 3.63) is 47.5 Å². The summed E-state index contributed by atoms with van der Waals surface area (Å²) in [6, 6.07) is 9.80. The summed E-state index contributed by atoms with van der Waals surface area (Å²) in [6.45, 7) is 2.06. The molecule has 1 saturated heterocycles. The highest BCUT2D eigenvalue weighted by Crippen LogP contribution is 2.31. The number of piperidine rings is 1. The summed E-state index contributed by atoms with van der Waals surface area (Å²) in [6.07, 6.45) is 3.73. The molecular formula is C22H25N3O3S. The Morgan fingerprint density at radius 1 is 1.24 bits per heavy atom. The number of pyridine rings is 1. The summed E-state index contributed by atoms with van der Waals surface area (Å²) >= 11 is 1.72. The van der Waals surface area contributed by atoms with Gasteiger partial charge in [-0.05, 0) is 48.1 Å². The Labute approximate surface area is 174 Å². The van der Waals surface area contributed by atoms with Gasteiger partial charge >= 0.3 is 0 Å². The second-order valence-corrected chi connectivity index (χ2v) is 8.14. The van der Waals surface area contributed by atoms with Crippen LogP contribution in [0.1, 0.15) is 18.4 Å². The van der Waals surface area contributed by atoms with Gasteiger partial charge in [0.1, 0.15) is 17.3 Å². The highest BCUT2D eigenvalue weighted by molar-refractivity contribution is 7.17. The van der Waals surface area contributed by atoms with Crippen molar-refractivity contribution in [1.29, 1.82) is 0 Å². The van der Waals surface area contributed by atoms with E-state index >= 15 is 0 Å². The predicted octanol–water partition coefficient (Wildman–Crippen LogP) is 3.85. The van der Waals surface area contributed by atoms with Gasteiger partial charge in [-0.1, -0.05) is 0 Å². The largest absolute Gasteiger partial charge is 0.497 e. The van der Waals surface area contributed by atoms with Crippen LogP contribution in [0.4, 0.5) is 5.82 Å². The summed E-state index contributed by atoms with van der Waals surface area (Å²) < 4.78 is 11.8. The van der Waals surface area contributed by atoms with Gasteiger partial charge in [-0.15, -0.1) is 11.3 Å². The minimum atomic E-state index is -0.0491. The van der Waals surface area contributed by atoms with Gasteiger partial charge in [-0.3, -0.25) is 4.79 Å². The van der Waals surface area contributed by atoms with Gasteiger partial charge < -0.3 is 19.7 Å². The minimum absolute atomic E-state index is 0.0491. The van der Waals surface area contributed by atoms with Crippen LogP contribution in [0, 0.1) is 5.92 Å². The van der Waals surface area contributed by atoms with Crippen LogP contribution in [0.25, 0.3) is 10.1 Å². The van der Waals surface area contributed by atoms with Gasteiger partial charge in [0.15, 0.2) is 0 Å². The fourth-order valence-corrected chi connectivity index (χ4v) is 4.59. The third-order valence-electron chi connectivity index (χ3n) is 5.33. The molecular weight excluding hydrogens is 386 g/mol. The molecule has 0 bridgehead atoms. The van der Waals surface area contributed by atoms with Gasteiger partial charge in [0.2, 0.25) is 5.91 Å². The summed E-state index contributed by atoms with van der Waals surface area (Å²) in [5, 5.41) is 6.34. The van der Waals surface area contributed by atoms with E-state index in [1.54, 1.807) is 25.6 Å². The normalized spacial score (nSPS) is 16.6. The molecule has 152 valence electrons. The molecule has 3 aromatic rings. The highest BCUT2D eigenvalue weighted by atomic mass is 32.1. The van der Waals surface area contributed by atoms with Crippen molar-refractivity contribution >= 4 is 33.1 Å². The number of anilines is 1. The maximum atomic E-state index is 12.9. The van der Waals surface area contributed by atoms with Gasteiger partial charge in [-0.25, -0.2) is 4.98 Å². The lowest BCUT2D eigenvalue weighted by Crippen LogP contribution is -2.43. The summed E-state index contributed by atoms with van der Waals surface area (Å²) in [5.41, 5.74) is 0.951. The summed E-state index contributed by atoms with van der Waals surface area (Å²) in [5.74, 6) is 2.44. The average Bonchev–Trinajstić information content (AvgIpc) is 3.26. The summed E-state index contributed by atoms with van der Waals surface area (Å²) in [4.78, 5) is 19.7. The van der Waals surface area contributed by atoms with Crippen molar-refractivity contribution in [2.75, 3.05) is 32.2 Å². The zero-order chi connectivity index (χ0) is 20.2. The predicted molar refractivity (Wildman–Crippen MR) is 116 cm³/mol. The second-order valence-electron chi connectivity index (χ2n) is 7.19.